The Labute approximate surface area is 103 Å². The summed E-state index contributed by atoms with van der Waals surface area (Å²) in [6, 6.07) is 6.07. The molecule has 0 aliphatic rings. The highest BCUT2D eigenvalue weighted by molar-refractivity contribution is 7.70. The number of aromatic amines is 1. The van der Waals surface area contributed by atoms with Gasteiger partial charge in [0.15, 0.2) is 0 Å². The van der Waals surface area contributed by atoms with Gasteiger partial charge in [0.1, 0.15) is 7.14 Å². The van der Waals surface area contributed by atoms with Crippen molar-refractivity contribution >= 4 is 23.3 Å². The Balaban J connectivity index is 2.79. The normalized spacial score (nSPS) is 13.2. The fourth-order valence-corrected chi connectivity index (χ4v) is 3.38. The molecule has 0 saturated heterocycles. The summed E-state index contributed by atoms with van der Waals surface area (Å²) >= 11 is 0. The van der Waals surface area contributed by atoms with Crippen LogP contribution in [-0.2, 0) is 9.98 Å². The molecule has 0 aliphatic heterocycles. The van der Waals surface area contributed by atoms with E-state index in [1.54, 1.807) is 0 Å². The largest absolute Gasteiger partial charge is 0.360 e. The summed E-state index contributed by atoms with van der Waals surface area (Å²) < 4.78 is 12.3. The lowest BCUT2D eigenvalue weighted by Gasteiger charge is -2.17. The number of fused-ring (bicyclic) bond motifs is 1. The van der Waals surface area contributed by atoms with Gasteiger partial charge in [0.25, 0.3) is 0 Å². The van der Waals surface area contributed by atoms with E-state index in [4.69, 9.17) is 0 Å². The third-order valence-corrected chi connectivity index (χ3v) is 4.61. The summed E-state index contributed by atoms with van der Waals surface area (Å²) in [6.45, 7) is 10.2. The second-order valence-electron chi connectivity index (χ2n) is 6.00. The Bertz CT molecular complexity index is 598. The molecular formula is C14H20NOP. The first-order valence-electron chi connectivity index (χ1n) is 5.87. The third kappa shape index (κ3) is 2.19. The summed E-state index contributed by atoms with van der Waals surface area (Å²) in [5, 5.41) is 2.14. The number of hydrogen-bond acceptors (Lipinski definition) is 1. The second-order valence-corrected chi connectivity index (χ2v) is 9.19. The minimum atomic E-state index is -2.23. The van der Waals surface area contributed by atoms with Crippen LogP contribution in [0.4, 0.5) is 0 Å². The Morgan fingerprint density at radius 3 is 2.35 bits per heavy atom. The molecule has 92 valence electrons. The third-order valence-electron chi connectivity index (χ3n) is 3.08. The molecule has 0 spiro atoms. The molecule has 1 aromatic carbocycles. The van der Waals surface area contributed by atoms with Crippen molar-refractivity contribution < 1.29 is 4.57 Å². The quantitative estimate of drug-likeness (QED) is 0.768. The van der Waals surface area contributed by atoms with Crippen LogP contribution < -0.4 is 5.30 Å². The van der Waals surface area contributed by atoms with Crippen molar-refractivity contribution in [2.75, 3.05) is 13.3 Å². The molecule has 2 aromatic rings. The molecule has 0 amide bonds. The standard InChI is InChI=1S/C14H20NOP/c1-14(2,3)11-9-15-13-10(11)7-6-8-12(13)17(4,5)16/h6-9,15H,1-5H3. The van der Waals surface area contributed by atoms with Crippen LogP contribution in [0.1, 0.15) is 26.3 Å². The molecule has 1 heterocycles. The molecule has 1 aromatic heterocycles. The minimum Gasteiger partial charge on any atom is -0.360 e. The van der Waals surface area contributed by atoms with Gasteiger partial charge in [-0.2, -0.15) is 0 Å². The molecule has 0 fully saturated rings. The number of nitrogens with one attached hydrogen (secondary N) is 1. The van der Waals surface area contributed by atoms with E-state index in [1.807, 2.05) is 31.7 Å². The van der Waals surface area contributed by atoms with E-state index < -0.39 is 7.14 Å². The van der Waals surface area contributed by atoms with E-state index in [1.165, 1.54) is 10.9 Å². The minimum absolute atomic E-state index is 0.0995. The summed E-state index contributed by atoms with van der Waals surface area (Å²) in [5.74, 6) is 0. The van der Waals surface area contributed by atoms with Gasteiger partial charge in [-0.3, -0.25) is 0 Å². The highest BCUT2D eigenvalue weighted by Gasteiger charge is 2.22. The molecule has 0 radical (unpaired) electrons. The number of rotatable bonds is 1. The van der Waals surface area contributed by atoms with Crippen molar-refractivity contribution in [3.63, 3.8) is 0 Å². The summed E-state index contributed by atoms with van der Waals surface area (Å²) in [7, 11) is -2.23. The first-order valence-corrected chi connectivity index (χ1v) is 8.47. The van der Waals surface area contributed by atoms with Crippen molar-refractivity contribution in [3.05, 3.63) is 30.0 Å². The summed E-state index contributed by atoms with van der Waals surface area (Å²) in [4.78, 5) is 3.30. The van der Waals surface area contributed by atoms with Gasteiger partial charge in [0.2, 0.25) is 0 Å². The molecule has 2 nitrogen and oxygen atoms in total. The van der Waals surface area contributed by atoms with E-state index in [2.05, 4.69) is 31.8 Å². The number of hydrogen-bond donors (Lipinski definition) is 1. The lowest BCUT2D eigenvalue weighted by molar-refractivity contribution is 0.588. The molecule has 0 aliphatic carbocycles. The van der Waals surface area contributed by atoms with E-state index >= 15 is 0 Å². The Morgan fingerprint density at radius 1 is 1.18 bits per heavy atom. The molecule has 2 rings (SSSR count). The number of H-pyrrole nitrogens is 1. The maximum Gasteiger partial charge on any atom is 0.111 e. The molecule has 17 heavy (non-hydrogen) atoms. The van der Waals surface area contributed by atoms with Gasteiger partial charge in [0, 0.05) is 16.9 Å². The number of benzene rings is 1. The fraction of sp³-hybridized carbons (Fsp3) is 0.429. The Hall–Kier alpha value is -1.01. The van der Waals surface area contributed by atoms with Crippen LogP contribution in [0.2, 0.25) is 0 Å². The zero-order chi connectivity index (χ0) is 12.8. The first-order chi connectivity index (χ1) is 7.71. The van der Waals surface area contributed by atoms with Gasteiger partial charge in [-0.05, 0) is 30.4 Å². The van der Waals surface area contributed by atoms with Crippen LogP contribution in [0.15, 0.2) is 24.4 Å². The molecule has 3 heteroatoms. The van der Waals surface area contributed by atoms with Gasteiger partial charge in [0.05, 0.1) is 5.52 Å². The van der Waals surface area contributed by atoms with E-state index in [9.17, 15) is 4.57 Å². The zero-order valence-electron chi connectivity index (χ0n) is 11.2. The first kappa shape index (κ1) is 12.4. The zero-order valence-corrected chi connectivity index (χ0v) is 12.1. The maximum atomic E-state index is 12.3. The predicted molar refractivity (Wildman–Crippen MR) is 76.1 cm³/mol. The van der Waals surface area contributed by atoms with Crippen molar-refractivity contribution in [2.24, 2.45) is 0 Å². The molecular weight excluding hydrogens is 229 g/mol. The monoisotopic (exact) mass is 249 g/mol. The average molecular weight is 249 g/mol. The van der Waals surface area contributed by atoms with E-state index in [-0.39, 0.29) is 5.41 Å². The summed E-state index contributed by atoms with van der Waals surface area (Å²) in [6.07, 6.45) is 2.05. The van der Waals surface area contributed by atoms with Gasteiger partial charge in [-0.15, -0.1) is 0 Å². The van der Waals surface area contributed by atoms with Crippen LogP contribution >= 0.6 is 7.14 Å². The van der Waals surface area contributed by atoms with Crippen LogP contribution in [0.5, 0.6) is 0 Å². The van der Waals surface area contributed by atoms with Crippen molar-refractivity contribution in [1.29, 1.82) is 0 Å². The molecule has 0 atom stereocenters. The van der Waals surface area contributed by atoms with Gasteiger partial charge < -0.3 is 9.55 Å². The molecule has 0 unspecified atom stereocenters. The fourth-order valence-electron chi connectivity index (χ4n) is 2.21. The van der Waals surface area contributed by atoms with Gasteiger partial charge in [-0.1, -0.05) is 32.9 Å². The van der Waals surface area contributed by atoms with Crippen LogP contribution in [0.25, 0.3) is 10.9 Å². The predicted octanol–water partition coefficient (Wildman–Crippen LogP) is 3.71. The van der Waals surface area contributed by atoms with E-state index in [0.29, 0.717) is 0 Å². The molecule has 0 bridgehead atoms. The lowest BCUT2D eigenvalue weighted by Crippen LogP contribution is -2.10. The Morgan fingerprint density at radius 2 is 1.82 bits per heavy atom. The molecule has 1 N–H and O–H groups in total. The van der Waals surface area contributed by atoms with Crippen LogP contribution in [0.3, 0.4) is 0 Å². The van der Waals surface area contributed by atoms with Crippen molar-refractivity contribution in [1.82, 2.24) is 4.98 Å². The van der Waals surface area contributed by atoms with Gasteiger partial charge in [-0.25, -0.2) is 0 Å². The van der Waals surface area contributed by atoms with Crippen molar-refractivity contribution in [3.8, 4) is 0 Å². The summed E-state index contributed by atoms with van der Waals surface area (Å²) in [5.41, 5.74) is 2.41. The average Bonchev–Trinajstić information content (AvgIpc) is 2.57. The van der Waals surface area contributed by atoms with E-state index in [0.717, 1.165) is 10.8 Å². The maximum absolute atomic E-state index is 12.3. The SMILES string of the molecule is CC(C)(C)c1c[nH]c2c(P(C)(C)=O)cccc12. The topological polar surface area (TPSA) is 32.9 Å². The Kier molecular flexibility index (Phi) is 2.74. The van der Waals surface area contributed by atoms with Crippen molar-refractivity contribution in [2.45, 2.75) is 26.2 Å². The second kappa shape index (κ2) is 3.74. The highest BCUT2D eigenvalue weighted by Crippen LogP contribution is 2.39. The highest BCUT2D eigenvalue weighted by atomic mass is 31.2. The van der Waals surface area contributed by atoms with Crippen LogP contribution in [-0.4, -0.2) is 18.3 Å². The number of para-hydroxylation sites is 1. The molecule has 0 saturated carbocycles. The van der Waals surface area contributed by atoms with Crippen LogP contribution in [0, 0.1) is 0 Å². The lowest BCUT2D eigenvalue weighted by atomic mass is 9.87. The van der Waals surface area contributed by atoms with Gasteiger partial charge >= 0.3 is 0 Å². The smallest absolute Gasteiger partial charge is 0.111 e. The number of aromatic nitrogens is 1.